The van der Waals surface area contributed by atoms with Crippen LogP contribution in [0, 0.1) is 6.92 Å². The van der Waals surface area contributed by atoms with Crippen molar-refractivity contribution in [2.45, 2.75) is 45.4 Å². The first kappa shape index (κ1) is 13.2. The van der Waals surface area contributed by atoms with Crippen LogP contribution >= 0.6 is 0 Å². The van der Waals surface area contributed by atoms with Crippen molar-refractivity contribution < 1.29 is 4.74 Å². The molecule has 2 atom stereocenters. The summed E-state index contributed by atoms with van der Waals surface area (Å²) in [7, 11) is 0. The predicted molar refractivity (Wildman–Crippen MR) is 78.6 cm³/mol. The second-order valence-electron chi connectivity index (χ2n) is 5.53. The van der Waals surface area contributed by atoms with Crippen molar-refractivity contribution in [3.05, 3.63) is 47.3 Å². The highest BCUT2D eigenvalue weighted by Crippen LogP contribution is 2.39. The van der Waals surface area contributed by atoms with Crippen LogP contribution < -0.4 is 10.5 Å². The third kappa shape index (κ3) is 2.43. The van der Waals surface area contributed by atoms with E-state index in [1.807, 2.05) is 16.9 Å². The summed E-state index contributed by atoms with van der Waals surface area (Å²) in [6.45, 7) is 5.16. The number of aromatic nitrogens is 2. The average molecular weight is 271 g/mol. The molecule has 3 rings (SSSR count). The Morgan fingerprint density at radius 1 is 1.45 bits per heavy atom. The van der Waals surface area contributed by atoms with Crippen molar-refractivity contribution in [3.8, 4) is 5.75 Å². The van der Waals surface area contributed by atoms with Gasteiger partial charge < -0.3 is 10.5 Å². The summed E-state index contributed by atoms with van der Waals surface area (Å²) >= 11 is 0. The van der Waals surface area contributed by atoms with Crippen LogP contribution in [-0.4, -0.2) is 9.78 Å². The molecule has 0 bridgehead atoms. The lowest BCUT2D eigenvalue weighted by Crippen LogP contribution is -2.24. The monoisotopic (exact) mass is 271 g/mol. The van der Waals surface area contributed by atoms with E-state index in [-0.39, 0.29) is 12.1 Å². The molecular weight excluding hydrogens is 250 g/mol. The summed E-state index contributed by atoms with van der Waals surface area (Å²) < 4.78 is 8.07. The number of nitrogens with zero attached hydrogens (tertiary/aromatic N) is 2. The number of benzene rings is 1. The van der Waals surface area contributed by atoms with E-state index < -0.39 is 0 Å². The van der Waals surface area contributed by atoms with Gasteiger partial charge in [0.25, 0.3) is 0 Å². The van der Waals surface area contributed by atoms with Gasteiger partial charge in [-0.05, 0) is 19.4 Å². The van der Waals surface area contributed by atoms with Crippen LogP contribution in [0.2, 0.25) is 0 Å². The Hall–Kier alpha value is -1.81. The van der Waals surface area contributed by atoms with E-state index in [9.17, 15) is 0 Å². The van der Waals surface area contributed by atoms with Gasteiger partial charge in [0.05, 0.1) is 6.20 Å². The molecule has 1 aliphatic heterocycles. The van der Waals surface area contributed by atoms with Crippen molar-refractivity contribution >= 4 is 0 Å². The molecular formula is C16H21N3O. The van der Waals surface area contributed by atoms with Gasteiger partial charge in [-0.15, -0.1) is 0 Å². The van der Waals surface area contributed by atoms with Crippen molar-refractivity contribution in [1.82, 2.24) is 9.78 Å². The van der Waals surface area contributed by atoms with Crippen LogP contribution in [-0.2, 0) is 6.54 Å². The summed E-state index contributed by atoms with van der Waals surface area (Å²) in [5, 5.41) is 4.37. The standard InChI is InChI=1S/C16H21N3O/c1-3-6-19-10-12(9-18-19)16-8-14(17)13-7-11(2)4-5-15(13)20-16/h4-5,7,9-10,14,16H,3,6,8,17H2,1-2H3/t14-,16?/m1/s1. The quantitative estimate of drug-likeness (QED) is 0.933. The Labute approximate surface area is 119 Å². The van der Waals surface area contributed by atoms with Crippen LogP contribution in [0.3, 0.4) is 0 Å². The summed E-state index contributed by atoms with van der Waals surface area (Å²) in [5.41, 5.74) is 9.75. The SMILES string of the molecule is CCCn1cc(C2C[C@@H](N)c3cc(C)ccc3O2)cn1. The fraction of sp³-hybridized carbons (Fsp3) is 0.438. The highest BCUT2D eigenvalue weighted by Gasteiger charge is 2.27. The molecule has 2 aromatic rings. The van der Waals surface area contributed by atoms with Gasteiger partial charge in [-0.25, -0.2) is 0 Å². The first-order valence-corrected chi connectivity index (χ1v) is 7.22. The van der Waals surface area contributed by atoms with Gasteiger partial charge in [0.15, 0.2) is 0 Å². The minimum atomic E-state index is 0.00538. The fourth-order valence-electron chi connectivity index (χ4n) is 2.73. The first-order valence-electron chi connectivity index (χ1n) is 7.22. The minimum Gasteiger partial charge on any atom is -0.485 e. The molecule has 0 amide bonds. The van der Waals surface area contributed by atoms with Gasteiger partial charge in [-0.3, -0.25) is 4.68 Å². The van der Waals surface area contributed by atoms with Crippen molar-refractivity contribution in [2.24, 2.45) is 5.73 Å². The normalized spacial score (nSPS) is 21.4. The number of hydrogen-bond donors (Lipinski definition) is 1. The lowest BCUT2D eigenvalue weighted by Gasteiger charge is -2.30. The molecule has 4 nitrogen and oxygen atoms in total. The molecule has 0 radical (unpaired) electrons. The summed E-state index contributed by atoms with van der Waals surface area (Å²) in [5.74, 6) is 0.905. The molecule has 2 N–H and O–H groups in total. The molecule has 4 heteroatoms. The van der Waals surface area contributed by atoms with Gasteiger partial charge in [0.2, 0.25) is 0 Å². The van der Waals surface area contributed by atoms with E-state index in [4.69, 9.17) is 10.5 Å². The molecule has 0 saturated heterocycles. The van der Waals surface area contributed by atoms with E-state index in [0.29, 0.717) is 0 Å². The van der Waals surface area contributed by atoms with Gasteiger partial charge in [-0.1, -0.05) is 24.6 Å². The maximum Gasteiger partial charge on any atom is 0.129 e. The van der Waals surface area contributed by atoms with E-state index in [1.165, 1.54) is 5.56 Å². The molecule has 106 valence electrons. The number of hydrogen-bond acceptors (Lipinski definition) is 3. The van der Waals surface area contributed by atoms with Crippen LogP contribution in [0.4, 0.5) is 0 Å². The molecule has 0 aliphatic carbocycles. The molecule has 0 saturated carbocycles. The zero-order valence-electron chi connectivity index (χ0n) is 12.0. The van der Waals surface area contributed by atoms with Crippen molar-refractivity contribution in [2.75, 3.05) is 0 Å². The molecule has 1 aromatic carbocycles. The highest BCUT2D eigenvalue weighted by atomic mass is 16.5. The topological polar surface area (TPSA) is 53.1 Å². The Balaban J connectivity index is 1.85. The Morgan fingerprint density at radius 3 is 3.10 bits per heavy atom. The molecule has 1 aliphatic rings. The van der Waals surface area contributed by atoms with E-state index in [2.05, 4.69) is 37.3 Å². The molecule has 0 fully saturated rings. The van der Waals surface area contributed by atoms with E-state index in [1.54, 1.807) is 0 Å². The van der Waals surface area contributed by atoms with Gasteiger partial charge in [0.1, 0.15) is 11.9 Å². The number of aryl methyl sites for hydroxylation is 2. The Kier molecular flexibility index (Phi) is 3.49. The zero-order valence-corrected chi connectivity index (χ0v) is 12.0. The number of rotatable bonds is 3. The lowest BCUT2D eigenvalue weighted by atomic mass is 9.94. The van der Waals surface area contributed by atoms with E-state index in [0.717, 1.165) is 36.3 Å². The first-order chi connectivity index (χ1) is 9.67. The number of nitrogens with two attached hydrogens (primary N) is 1. The van der Waals surface area contributed by atoms with Crippen LogP contribution in [0.15, 0.2) is 30.6 Å². The third-order valence-electron chi connectivity index (χ3n) is 3.78. The second-order valence-corrected chi connectivity index (χ2v) is 5.53. The zero-order chi connectivity index (χ0) is 14.1. The largest absolute Gasteiger partial charge is 0.485 e. The van der Waals surface area contributed by atoms with Crippen molar-refractivity contribution in [3.63, 3.8) is 0 Å². The molecule has 1 unspecified atom stereocenters. The van der Waals surface area contributed by atoms with Gasteiger partial charge >= 0.3 is 0 Å². The predicted octanol–water partition coefficient (Wildman–Crippen LogP) is 3.13. The average Bonchev–Trinajstić information content (AvgIpc) is 2.88. The summed E-state index contributed by atoms with van der Waals surface area (Å²) in [6, 6.07) is 6.23. The van der Waals surface area contributed by atoms with Gasteiger partial charge in [0, 0.05) is 36.3 Å². The fourth-order valence-corrected chi connectivity index (χ4v) is 2.73. The Morgan fingerprint density at radius 2 is 2.30 bits per heavy atom. The van der Waals surface area contributed by atoms with E-state index >= 15 is 0 Å². The lowest BCUT2D eigenvalue weighted by molar-refractivity contribution is 0.161. The number of ether oxygens (including phenoxy) is 1. The second kappa shape index (κ2) is 5.29. The third-order valence-corrected chi connectivity index (χ3v) is 3.78. The van der Waals surface area contributed by atoms with Crippen LogP contribution in [0.25, 0.3) is 0 Å². The molecule has 1 aromatic heterocycles. The highest BCUT2D eigenvalue weighted by molar-refractivity contribution is 5.41. The van der Waals surface area contributed by atoms with Crippen LogP contribution in [0.1, 0.15) is 48.6 Å². The van der Waals surface area contributed by atoms with Crippen molar-refractivity contribution in [1.29, 1.82) is 0 Å². The summed E-state index contributed by atoms with van der Waals surface area (Å²) in [6.07, 6.45) is 5.85. The van der Waals surface area contributed by atoms with Crippen LogP contribution in [0.5, 0.6) is 5.75 Å². The minimum absolute atomic E-state index is 0.00538. The molecule has 2 heterocycles. The Bertz CT molecular complexity index is 606. The molecule has 0 spiro atoms. The molecule has 20 heavy (non-hydrogen) atoms. The maximum absolute atomic E-state index is 6.30. The number of fused-ring (bicyclic) bond motifs is 1. The smallest absolute Gasteiger partial charge is 0.129 e. The summed E-state index contributed by atoms with van der Waals surface area (Å²) in [4.78, 5) is 0. The van der Waals surface area contributed by atoms with Gasteiger partial charge in [-0.2, -0.15) is 5.10 Å². The maximum atomic E-state index is 6.30.